The van der Waals surface area contributed by atoms with Crippen LogP contribution >= 0.6 is 11.6 Å². The lowest BCUT2D eigenvalue weighted by molar-refractivity contribution is 0.0690. The second-order valence-corrected chi connectivity index (χ2v) is 5.34. The number of ether oxygens (including phenoxy) is 1. The number of carboxylic acids is 1. The van der Waals surface area contributed by atoms with Gasteiger partial charge < -0.3 is 9.84 Å². The van der Waals surface area contributed by atoms with E-state index in [-0.39, 0.29) is 5.69 Å². The Labute approximate surface area is 120 Å². The highest BCUT2D eigenvalue weighted by atomic mass is 35.5. The molecule has 1 fully saturated rings. The molecular weight excluding hydrogens is 280 g/mol. The topological polar surface area (TPSA) is 75.2 Å². The van der Waals surface area contributed by atoms with Gasteiger partial charge >= 0.3 is 5.97 Å². The molecule has 1 heterocycles. The molecule has 3 rings (SSSR count). The lowest BCUT2D eigenvalue weighted by Gasteiger charge is -2.07. The van der Waals surface area contributed by atoms with Gasteiger partial charge in [-0.05, 0) is 43.0 Å². The molecule has 0 spiro atoms. The summed E-state index contributed by atoms with van der Waals surface area (Å²) >= 11 is 6.07. The number of aromatic nitrogens is 2. The quantitative estimate of drug-likeness (QED) is 0.887. The van der Waals surface area contributed by atoms with E-state index >= 15 is 0 Å². The number of halogens is 1. The van der Waals surface area contributed by atoms with Crippen molar-refractivity contribution >= 4 is 17.6 Å². The number of carbonyl (C=O) groups is 1. The van der Waals surface area contributed by atoms with Crippen molar-refractivity contribution in [2.45, 2.75) is 12.8 Å². The van der Waals surface area contributed by atoms with Crippen molar-refractivity contribution < 1.29 is 14.6 Å². The minimum atomic E-state index is -1.05. The van der Waals surface area contributed by atoms with Crippen molar-refractivity contribution in [3.63, 3.8) is 0 Å². The summed E-state index contributed by atoms with van der Waals surface area (Å²) < 4.78 is 5.69. The fraction of sp³-hybridized carbons (Fsp3) is 0.286. The second kappa shape index (κ2) is 5.17. The molecule has 1 aromatic heterocycles. The molecule has 1 aliphatic rings. The molecule has 6 heteroatoms. The van der Waals surface area contributed by atoms with E-state index in [4.69, 9.17) is 21.4 Å². The van der Waals surface area contributed by atoms with Crippen LogP contribution in [0.1, 0.15) is 23.3 Å². The molecule has 0 atom stereocenters. The van der Waals surface area contributed by atoms with Crippen LogP contribution < -0.4 is 4.74 Å². The Morgan fingerprint density at radius 3 is 2.85 bits per heavy atom. The van der Waals surface area contributed by atoms with Crippen molar-refractivity contribution in [1.29, 1.82) is 0 Å². The van der Waals surface area contributed by atoms with Gasteiger partial charge in [-0.15, -0.1) is 0 Å². The maximum absolute atomic E-state index is 10.8. The van der Waals surface area contributed by atoms with E-state index in [9.17, 15) is 4.79 Å². The summed E-state index contributed by atoms with van der Waals surface area (Å²) in [5.74, 6) is 0.289. The highest BCUT2D eigenvalue weighted by Gasteiger charge is 2.22. The summed E-state index contributed by atoms with van der Waals surface area (Å²) in [6, 6.07) is 6.76. The molecule has 2 N–H and O–H groups in total. The lowest BCUT2D eigenvalue weighted by Crippen LogP contribution is -1.99. The van der Waals surface area contributed by atoms with E-state index in [1.807, 2.05) is 6.07 Å². The van der Waals surface area contributed by atoms with E-state index in [2.05, 4.69) is 10.2 Å². The third-order valence-electron chi connectivity index (χ3n) is 3.16. The normalized spacial score (nSPS) is 14.2. The van der Waals surface area contributed by atoms with Gasteiger partial charge in [-0.25, -0.2) is 4.79 Å². The van der Waals surface area contributed by atoms with Crippen LogP contribution in [0.3, 0.4) is 0 Å². The SMILES string of the molecule is O=C(O)c1cc(-c2cc(Cl)cc(OCC3CC3)c2)n[nH]1. The molecule has 0 unspecified atom stereocenters. The monoisotopic (exact) mass is 292 g/mol. The predicted octanol–water partition coefficient (Wildman–Crippen LogP) is 3.22. The van der Waals surface area contributed by atoms with E-state index in [1.165, 1.54) is 18.9 Å². The molecule has 1 aromatic carbocycles. The van der Waals surface area contributed by atoms with Crippen molar-refractivity contribution in [2.24, 2.45) is 5.92 Å². The van der Waals surface area contributed by atoms with E-state index < -0.39 is 5.97 Å². The summed E-state index contributed by atoms with van der Waals surface area (Å²) in [5, 5.41) is 15.9. The minimum Gasteiger partial charge on any atom is -0.493 e. The Morgan fingerprint density at radius 1 is 1.40 bits per heavy atom. The first kappa shape index (κ1) is 13.0. The first-order valence-corrected chi connectivity index (χ1v) is 6.72. The molecule has 0 saturated heterocycles. The van der Waals surface area contributed by atoms with Gasteiger partial charge in [-0.3, -0.25) is 5.10 Å². The van der Waals surface area contributed by atoms with E-state index in [0.29, 0.717) is 29.0 Å². The summed E-state index contributed by atoms with van der Waals surface area (Å²) in [6.45, 7) is 0.695. The van der Waals surface area contributed by atoms with Crippen molar-refractivity contribution in [1.82, 2.24) is 10.2 Å². The molecule has 0 radical (unpaired) electrons. The molecule has 0 amide bonds. The number of benzene rings is 1. The van der Waals surface area contributed by atoms with Gasteiger partial charge in [0.2, 0.25) is 0 Å². The number of aromatic carboxylic acids is 1. The third kappa shape index (κ3) is 2.93. The van der Waals surface area contributed by atoms with Gasteiger partial charge in [0.1, 0.15) is 11.4 Å². The average Bonchev–Trinajstić information content (AvgIpc) is 3.09. The Bertz CT molecular complexity index is 650. The fourth-order valence-electron chi connectivity index (χ4n) is 1.87. The van der Waals surface area contributed by atoms with Gasteiger partial charge in [0.05, 0.1) is 12.3 Å². The molecular formula is C14H13ClN2O3. The van der Waals surface area contributed by atoms with Crippen LogP contribution in [0, 0.1) is 5.92 Å². The fourth-order valence-corrected chi connectivity index (χ4v) is 2.10. The Morgan fingerprint density at radius 2 is 2.20 bits per heavy atom. The number of nitrogens with one attached hydrogen (secondary N) is 1. The van der Waals surface area contributed by atoms with Gasteiger partial charge in [0.25, 0.3) is 0 Å². The Kier molecular flexibility index (Phi) is 3.36. The zero-order valence-electron chi connectivity index (χ0n) is 10.6. The zero-order valence-corrected chi connectivity index (χ0v) is 11.4. The second-order valence-electron chi connectivity index (χ2n) is 4.90. The van der Waals surface area contributed by atoms with Gasteiger partial charge in [0, 0.05) is 10.6 Å². The standard InChI is InChI=1S/C14H13ClN2O3/c15-10-3-9(12-6-13(14(18)19)17-16-12)4-11(5-10)20-7-8-1-2-8/h3-6,8H,1-2,7H2,(H,16,17)(H,18,19). The Balaban J connectivity index is 1.84. The lowest BCUT2D eigenvalue weighted by atomic mass is 10.1. The van der Waals surface area contributed by atoms with Crippen LogP contribution in [-0.4, -0.2) is 27.9 Å². The van der Waals surface area contributed by atoms with Crippen LogP contribution in [0.15, 0.2) is 24.3 Å². The third-order valence-corrected chi connectivity index (χ3v) is 3.38. The first-order chi connectivity index (χ1) is 9.61. The first-order valence-electron chi connectivity index (χ1n) is 6.34. The van der Waals surface area contributed by atoms with Crippen LogP contribution in [-0.2, 0) is 0 Å². The molecule has 20 heavy (non-hydrogen) atoms. The molecule has 1 saturated carbocycles. The summed E-state index contributed by atoms with van der Waals surface area (Å²) in [6.07, 6.45) is 2.43. The number of nitrogens with zero attached hydrogens (tertiary/aromatic N) is 1. The van der Waals surface area contributed by atoms with Crippen molar-refractivity contribution in [3.05, 3.63) is 35.0 Å². The largest absolute Gasteiger partial charge is 0.493 e. The van der Waals surface area contributed by atoms with Gasteiger partial charge in [-0.2, -0.15) is 5.10 Å². The van der Waals surface area contributed by atoms with Crippen molar-refractivity contribution in [3.8, 4) is 17.0 Å². The summed E-state index contributed by atoms with van der Waals surface area (Å²) in [5.41, 5.74) is 1.30. The highest BCUT2D eigenvalue weighted by molar-refractivity contribution is 6.31. The molecule has 2 aromatic rings. The van der Waals surface area contributed by atoms with Crippen LogP contribution in [0.5, 0.6) is 5.75 Å². The molecule has 1 aliphatic carbocycles. The minimum absolute atomic E-state index is 0.0421. The molecule has 5 nitrogen and oxygen atoms in total. The number of rotatable bonds is 5. The molecule has 0 aliphatic heterocycles. The number of hydrogen-bond acceptors (Lipinski definition) is 3. The van der Waals surface area contributed by atoms with Crippen LogP contribution in [0.2, 0.25) is 5.02 Å². The van der Waals surface area contributed by atoms with E-state index in [1.54, 1.807) is 12.1 Å². The smallest absolute Gasteiger partial charge is 0.353 e. The van der Waals surface area contributed by atoms with Crippen LogP contribution in [0.25, 0.3) is 11.3 Å². The average molecular weight is 293 g/mol. The van der Waals surface area contributed by atoms with E-state index in [0.717, 1.165) is 5.56 Å². The van der Waals surface area contributed by atoms with Crippen LogP contribution in [0.4, 0.5) is 0 Å². The Hall–Kier alpha value is -2.01. The number of carboxylic acid groups (broad SMARTS) is 1. The number of aromatic amines is 1. The molecule has 104 valence electrons. The number of hydrogen-bond donors (Lipinski definition) is 2. The van der Waals surface area contributed by atoms with Gasteiger partial charge in [0.15, 0.2) is 0 Å². The summed E-state index contributed by atoms with van der Waals surface area (Å²) in [4.78, 5) is 10.8. The maximum Gasteiger partial charge on any atom is 0.353 e. The number of H-pyrrole nitrogens is 1. The molecule has 0 bridgehead atoms. The highest BCUT2D eigenvalue weighted by Crippen LogP contribution is 2.32. The van der Waals surface area contributed by atoms with Crippen molar-refractivity contribution in [2.75, 3.05) is 6.61 Å². The predicted molar refractivity (Wildman–Crippen MR) is 74.2 cm³/mol. The summed E-state index contributed by atoms with van der Waals surface area (Å²) in [7, 11) is 0. The maximum atomic E-state index is 10.8. The zero-order chi connectivity index (χ0) is 14.1. The van der Waals surface area contributed by atoms with Gasteiger partial charge in [-0.1, -0.05) is 11.6 Å².